The first-order valence-corrected chi connectivity index (χ1v) is 10.4. The second kappa shape index (κ2) is 7.54. The quantitative estimate of drug-likeness (QED) is 0.617. The van der Waals surface area contributed by atoms with Crippen molar-refractivity contribution in [1.29, 1.82) is 0 Å². The zero-order valence-corrected chi connectivity index (χ0v) is 15.4. The van der Waals surface area contributed by atoms with Crippen LogP contribution in [0.2, 0.25) is 0 Å². The zero-order valence-electron chi connectivity index (χ0n) is 14.5. The molecule has 0 spiro atoms. The molecular weight excluding hydrogens is 360 g/mol. The van der Waals surface area contributed by atoms with Crippen LogP contribution in [0.1, 0.15) is 6.42 Å². The van der Waals surface area contributed by atoms with Crippen molar-refractivity contribution in [2.24, 2.45) is 0 Å². The molecule has 0 bridgehead atoms. The third-order valence-corrected chi connectivity index (χ3v) is 5.41. The van der Waals surface area contributed by atoms with Gasteiger partial charge in [-0.1, -0.05) is 0 Å². The van der Waals surface area contributed by atoms with E-state index in [-0.39, 0.29) is 24.7 Å². The van der Waals surface area contributed by atoms with Gasteiger partial charge in [0.1, 0.15) is 15.9 Å². The lowest BCUT2D eigenvalue weighted by atomic mass is 10.2. The van der Waals surface area contributed by atoms with E-state index >= 15 is 0 Å². The van der Waals surface area contributed by atoms with Crippen molar-refractivity contribution in [3.8, 4) is 0 Å². The van der Waals surface area contributed by atoms with Crippen LogP contribution in [0.5, 0.6) is 0 Å². The Hall–Kier alpha value is -2.27. The summed E-state index contributed by atoms with van der Waals surface area (Å²) in [5.41, 5.74) is 0. The molecular formula is C15H22N6O4S. The van der Waals surface area contributed by atoms with Gasteiger partial charge in [-0.15, -0.1) is 0 Å². The zero-order chi connectivity index (χ0) is 18.7. The number of nitrogens with zero attached hydrogens (tertiary/aromatic N) is 5. The summed E-state index contributed by atoms with van der Waals surface area (Å²) >= 11 is 0. The molecule has 11 heteroatoms. The number of urea groups is 1. The molecule has 1 N–H and O–H groups in total. The number of hydrogen-bond donors (Lipinski definition) is 1. The van der Waals surface area contributed by atoms with Gasteiger partial charge in [0, 0.05) is 44.8 Å². The molecule has 1 aromatic rings. The van der Waals surface area contributed by atoms with Crippen LogP contribution in [0.25, 0.3) is 0 Å². The Balaban J connectivity index is 1.52. The van der Waals surface area contributed by atoms with Crippen LogP contribution in [0.3, 0.4) is 0 Å². The molecule has 2 aliphatic heterocycles. The summed E-state index contributed by atoms with van der Waals surface area (Å²) in [6.07, 6.45) is 4.60. The molecule has 3 amide bonds. The van der Waals surface area contributed by atoms with Crippen molar-refractivity contribution in [3.63, 3.8) is 0 Å². The van der Waals surface area contributed by atoms with E-state index in [0.29, 0.717) is 32.1 Å². The Bertz CT molecular complexity index is 764. The number of imide groups is 1. The van der Waals surface area contributed by atoms with Crippen LogP contribution < -0.4 is 10.2 Å². The highest BCUT2D eigenvalue weighted by Crippen LogP contribution is 2.14. The van der Waals surface area contributed by atoms with Crippen LogP contribution in [-0.4, -0.2) is 91.0 Å². The molecule has 2 saturated heterocycles. The minimum absolute atomic E-state index is 0.0963. The Labute approximate surface area is 152 Å². The number of carbonyl (C=O) groups excluding carboxylic acids is 2. The maximum atomic E-state index is 12.4. The molecule has 26 heavy (non-hydrogen) atoms. The predicted octanol–water partition coefficient (Wildman–Crippen LogP) is -1.09. The predicted molar refractivity (Wildman–Crippen MR) is 94.2 cm³/mol. The van der Waals surface area contributed by atoms with E-state index in [1.165, 1.54) is 0 Å². The maximum absolute atomic E-state index is 12.4. The van der Waals surface area contributed by atoms with Crippen LogP contribution in [0.4, 0.5) is 10.7 Å². The van der Waals surface area contributed by atoms with Crippen LogP contribution in [0.15, 0.2) is 18.5 Å². The van der Waals surface area contributed by atoms with Crippen LogP contribution in [-0.2, 0) is 14.6 Å². The third kappa shape index (κ3) is 4.47. The van der Waals surface area contributed by atoms with Gasteiger partial charge in [0.05, 0.1) is 12.4 Å². The molecule has 1 aromatic heterocycles. The van der Waals surface area contributed by atoms with Crippen molar-refractivity contribution in [3.05, 3.63) is 18.5 Å². The Kier molecular flexibility index (Phi) is 5.37. The van der Waals surface area contributed by atoms with Crippen LogP contribution >= 0.6 is 0 Å². The lowest BCUT2D eigenvalue weighted by Crippen LogP contribution is -2.51. The van der Waals surface area contributed by atoms with Gasteiger partial charge in [0.15, 0.2) is 0 Å². The lowest BCUT2D eigenvalue weighted by molar-refractivity contribution is -0.129. The van der Waals surface area contributed by atoms with Gasteiger partial charge in [-0.25, -0.2) is 28.1 Å². The van der Waals surface area contributed by atoms with Gasteiger partial charge in [0.2, 0.25) is 5.95 Å². The van der Waals surface area contributed by atoms with Crippen molar-refractivity contribution in [1.82, 2.24) is 25.1 Å². The van der Waals surface area contributed by atoms with Gasteiger partial charge >= 0.3 is 6.03 Å². The van der Waals surface area contributed by atoms with E-state index in [2.05, 4.69) is 20.2 Å². The third-order valence-electron chi connectivity index (χ3n) is 4.43. The standard InChI is InChI=1S/C15H22N6O4S/c1-26(24,25)10-3-12-13(22)21(15(23)18-12)11-19-6-8-20(9-7-19)14-16-4-2-5-17-14/h2,4-5,12H,3,6-11H2,1H3,(H,18,23)/t12-/m1/s1. The fourth-order valence-corrected chi connectivity index (χ4v) is 3.65. The van der Waals surface area contributed by atoms with Gasteiger partial charge in [-0.05, 0) is 12.5 Å². The minimum atomic E-state index is -3.18. The number of sulfone groups is 1. The Morgan fingerprint density at radius 3 is 2.42 bits per heavy atom. The monoisotopic (exact) mass is 382 g/mol. The summed E-state index contributed by atoms with van der Waals surface area (Å²) in [7, 11) is -3.18. The number of anilines is 1. The highest BCUT2D eigenvalue weighted by Gasteiger charge is 2.39. The molecule has 0 aromatic carbocycles. The van der Waals surface area contributed by atoms with Crippen molar-refractivity contribution in [2.75, 3.05) is 49.8 Å². The molecule has 2 aliphatic rings. The summed E-state index contributed by atoms with van der Waals surface area (Å²) in [6, 6.07) is 0.524. The van der Waals surface area contributed by atoms with E-state index in [9.17, 15) is 18.0 Å². The SMILES string of the molecule is CS(=O)(=O)CC[C@H]1NC(=O)N(CN2CCN(c3ncccn3)CC2)C1=O. The molecule has 10 nitrogen and oxygen atoms in total. The molecule has 1 atom stereocenters. The number of aromatic nitrogens is 2. The fourth-order valence-electron chi connectivity index (χ4n) is 2.98. The first kappa shape index (κ1) is 18.5. The van der Waals surface area contributed by atoms with E-state index in [0.717, 1.165) is 11.2 Å². The molecule has 0 radical (unpaired) electrons. The summed E-state index contributed by atoms with van der Waals surface area (Å²) < 4.78 is 22.5. The summed E-state index contributed by atoms with van der Waals surface area (Å²) in [6.45, 7) is 2.94. The van der Waals surface area contributed by atoms with Gasteiger partial charge < -0.3 is 10.2 Å². The molecule has 142 valence electrons. The number of hydrogen-bond acceptors (Lipinski definition) is 8. The first-order valence-electron chi connectivity index (χ1n) is 8.37. The van der Waals surface area contributed by atoms with Gasteiger partial charge in [0.25, 0.3) is 5.91 Å². The fraction of sp³-hybridized carbons (Fsp3) is 0.600. The number of nitrogens with one attached hydrogen (secondary N) is 1. The van der Waals surface area contributed by atoms with Crippen molar-refractivity contribution in [2.45, 2.75) is 12.5 Å². The van der Waals surface area contributed by atoms with E-state index in [4.69, 9.17) is 0 Å². The van der Waals surface area contributed by atoms with Crippen LogP contribution in [0, 0.1) is 0 Å². The average Bonchev–Trinajstić information content (AvgIpc) is 2.88. The highest BCUT2D eigenvalue weighted by atomic mass is 32.2. The molecule has 3 rings (SSSR count). The number of rotatable bonds is 6. The second-order valence-electron chi connectivity index (χ2n) is 6.48. The van der Waals surface area contributed by atoms with Gasteiger partial charge in [-0.3, -0.25) is 9.69 Å². The molecule has 2 fully saturated rings. The summed E-state index contributed by atoms with van der Waals surface area (Å²) in [5, 5.41) is 2.57. The molecule has 3 heterocycles. The molecule has 0 saturated carbocycles. The first-order chi connectivity index (χ1) is 12.3. The summed E-state index contributed by atoms with van der Waals surface area (Å²) in [4.78, 5) is 38.1. The highest BCUT2D eigenvalue weighted by molar-refractivity contribution is 7.90. The number of piperazine rings is 1. The van der Waals surface area contributed by atoms with Crippen molar-refractivity contribution >= 4 is 27.7 Å². The largest absolute Gasteiger partial charge is 0.338 e. The Morgan fingerprint density at radius 1 is 1.15 bits per heavy atom. The smallest absolute Gasteiger partial charge is 0.325 e. The summed E-state index contributed by atoms with van der Waals surface area (Å²) in [5.74, 6) is 0.170. The van der Waals surface area contributed by atoms with E-state index < -0.39 is 21.9 Å². The average molecular weight is 382 g/mol. The topological polar surface area (TPSA) is 116 Å². The lowest BCUT2D eigenvalue weighted by Gasteiger charge is -2.35. The number of carbonyl (C=O) groups is 2. The number of amides is 3. The van der Waals surface area contributed by atoms with E-state index in [1.807, 2.05) is 4.90 Å². The van der Waals surface area contributed by atoms with Crippen molar-refractivity contribution < 1.29 is 18.0 Å². The Morgan fingerprint density at radius 2 is 1.81 bits per heavy atom. The normalized spacial score (nSPS) is 22.0. The second-order valence-corrected chi connectivity index (χ2v) is 8.74. The molecule has 0 unspecified atom stereocenters. The maximum Gasteiger partial charge on any atom is 0.325 e. The van der Waals surface area contributed by atoms with E-state index in [1.54, 1.807) is 18.5 Å². The van der Waals surface area contributed by atoms with Gasteiger partial charge in [-0.2, -0.15) is 0 Å². The molecule has 0 aliphatic carbocycles. The minimum Gasteiger partial charge on any atom is -0.338 e.